The number of carbonyl (C=O) groups excluding carboxylic acids is 2. The molecular formula is C24H27FN2O6S. The standard InChI is InChI=1S/C24H27FN2O6S/c1-24(2,30)13-10-11-18(25)19(12-13)34(31,32)27-23(29)26-21-16-8-4-6-14(16)20(22(28)33-3)15-7-5-9-17(15)21/h10-12,30H,4-9H2,1-3H3,(H2,26,27,29). The van der Waals surface area contributed by atoms with Crippen LogP contribution in [0.5, 0.6) is 0 Å². The molecular weight excluding hydrogens is 463 g/mol. The molecule has 8 nitrogen and oxygen atoms in total. The van der Waals surface area contributed by atoms with Crippen LogP contribution in [-0.2, 0) is 46.0 Å². The number of methoxy groups -OCH3 is 1. The lowest BCUT2D eigenvalue weighted by Gasteiger charge is -2.20. The van der Waals surface area contributed by atoms with Crippen LogP contribution in [0, 0.1) is 5.82 Å². The van der Waals surface area contributed by atoms with E-state index in [4.69, 9.17) is 4.74 Å². The molecule has 0 radical (unpaired) electrons. The first-order valence-electron chi connectivity index (χ1n) is 11.1. The number of urea groups is 1. The van der Waals surface area contributed by atoms with E-state index in [1.807, 2.05) is 4.72 Å². The van der Waals surface area contributed by atoms with Crippen molar-refractivity contribution in [3.05, 3.63) is 57.4 Å². The molecule has 0 aromatic heterocycles. The van der Waals surface area contributed by atoms with Crippen LogP contribution in [0.4, 0.5) is 14.9 Å². The van der Waals surface area contributed by atoms with E-state index < -0.39 is 38.3 Å². The zero-order valence-corrected chi connectivity index (χ0v) is 20.1. The van der Waals surface area contributed by atoms with Gasteiger partial charge in [0.2, 0.25) is 0 Å². The molecule has 0 saturated carbocycles. The summed E-state index contributed by atoms with van der Waals surface area (Å²) in [6, 6.07) is 2.20. The number of esters is 1. The van der Waals surface area contributed by atoms with Gasteiger partial charge in [-0.1, -0.05) is 6.07 Å². The third kappa shape index (κ3) is 4.27. The minimum atomic E-state index is -4.57. The molecule has 34 heavy (non-hydrogen) atoms. The largest absolute Gasteiger partial charge is 0.465 e. The number of aliphatic hydroxyl groups is 1. The molecule has 2 aliphatic rings. The molecule has 2 aliphatic carbocycles. The average molecular weight is 491 g/mol. The van der Waals surface area contributed by atoms with Crippen LogP contribution in [0.15, 0.2) is 23.1 Å². The fourth-order valence-corrected chi connectivity index (χ4v) is 5.87. The lowest BCUT2D eigenvalue weighted by atomic mass is 9.92. The van der Waals surface area contributed by atoms with E-state index in [-0.39, 0.29) is 5.56 Å². The Labute approximate surface area is 197 Å². The topological polar surface area (TPSA) is 122 Å². The number of benzene rings is 2. The van der Waals surface area contributed by atoms with Crippen molar-refractivity contribution >= 4 is 27.7 Å². The maximum atomic E-state index is 14.4. The van der Waals surface area contributed by atoms with Crippen molar-refractivity contribution in [2.24, 2.45) is 0 Å². The minimum absolute atomic E-state index is 0.184. The molecule has 2 amide bonds. The summed E-state index contributed by atoms with van der Waals surface area (Å²) in [6.45, 7) is 2.88. The van der Waals surface area contributed by atoms with Gasteiger partial charge in [-0.05, 0) is 92.3 Å². The number of sulfonamides is 1. The molecule has 0 saturated heterocycles. The maximum absolute atomic E-state index is 14.4. The normalized spacial score (nSPS) is 15.0. The molecule has 2 aromatic carbocycles. The number of rotatable bonds is 5. The zero-order valence-electron chi connectivity index (χ0n) is 19.2. The SMILES string of the molecule is COC(=O)c1c2c(c(NC(=O)NS(=O)(=O)c3cc(C(C)(C)O)ccc3F)c3c1CCC3)CCC2. The van der Waals surface area contributed by atoms with Crippen LogP contribution in [-0.4, -0.2) is 32.6 Å². The lowest BCUT2D eigenvalue weighted by Crippen LogP contribution is -2.35. The number of ether oxygens (including phenoxy) is 1. The first-order chi connectivity index (χ1) is 15.9. The molecule has 0 bridgehead atoms. The van der Waals surface area contributed by atoms with Crippen molar-refractivity contribution in [3.63, 3.8) is 0 Å². The van der Waals surface area contributed by atoms with Gasteiger partial charge in [-0.3, -0.25) is 0 Å². The van der Waals surface area contributed by atoms with Crippen LogP contribution in [0.25, 0.3) is 0 Å². The molecule has 0 unspecified atom stereocenters. The first kappa shape index (κ1) is 24.2. The second kappa shape index (κ2) is 8.66. The van der Waals surface area contributed by atoms with Crippen LogP contribution in [0.1, 0.15) is 64.9 Å². The summed E-state index contributed by atoms with van der Waals surface area (Å²) in [6.07, 6.45) is 4.19. The van der Waals surface area contributed by atoms with Crippen LogP contribution < -0.4 is 10.0 Å². The molecule has 10 heteroatoms. The number of carbonyl (C=O) groups is 2. The van der Waals surface area contributed by atoms with Gasteiger partial charge >= 0.3 is 12.0 Å². The van der Waals surface area contributed by atoms with Crippen molar-refractivity contribution < 1.29 is 32.2 Å². The van der Waals surface area contributed by atoms with Crippen molar-refractivity contribution in [1.29, 1.82) is 0 Å². The number of fused-ring (bicyclic) bond motifs is 2. The van der Waals surface area contributed by atoms with E-state index in [1.54, 1.807) is 0 Å². The number of halogens is 1. The van der Waals surface area contributed by atoms with Gasteiger partial charge in [-0.15, -0.1) is 0 Å². The summed E-state index contributed by atoms with van der Waals surface area (Å²) in [5.74, 6) is -1.45. The monoisotopic (exact) mass is 490 g/mol. The Morgan fingerprint density at radius 1 is 1.03 bits per heavy atom. The Hall–Kier alpha value is -2.98. The molecule has 182 valence electrons. The Morgan fingerprint density at radius 3 is 2.12 bits per heavy atom. The second-order valence-electron chi connectivity index (χ2n) is 9.13. The summed E-state index contributed by atoms with van der Waals surface area (Å²) < 4.78 is 46.9. The third-order valence-corrected chi connectivity index (χ3v) is 7.77. The fourth-order valence-electron chi connectivity index (χ4n) is 4.86. The Kier molecular flexibility index (Phi) is 6.15. The molecule has 0 aliphatic heterocycles. The molecule has 2 aromatic rings. The van der Waals surface area contributed by atoms with Crippen molar-refractivity contribution in [3.8, 4) is 0 Å². The molecule has 4 rings (SSSR count). The summed E-state index contributed by atoms with van der Waals surface area (Å²) in [7, 11) is -3.23. The number of hydrogen-bond acceptors (Lipinski definition) is 6. The van der Waals surface area contributed by atoms with E-state index in [9.17, 15) is 27.5 Å². The van der Waals surface area contributed by atoms with Crippen LogP contribution >= 0.6 is 0 Å². The van der Waals surface area contributed by atoms with Gasteiger partial charge in [0.15, 0.2) is 0 Å². The molecule has 3 N–H and O–H groups in total. The summed E-state index contributed by atoms with van der Waals surface area (Å²) in [4.78, 5) is 24.6. The molecule has 0 atom stereocenters. The second-order valence-corrected chi connectivity index (χ2v) is 10.8. The van der Waals surface area contributed by atoms with E-state index >= 15 is 0 Å². The fraction of sp³-hybridized carbons (Fsp3) is 0.417. The number of anilines is 1. The number of hydrogen-bond donors (Lipinski definition) is 3. The summed E-state index contributed by atoms with van der Waals surface area (Å²) in [5, 5.41) is 12.8. The zero-order chi connectivity index (χ0) is 24.8. The lowest BCUT2D eigenvalue weighted by molar-refractivity contribution is 0.0598. The highest BCUT2D eigenvalue weighted by atomic mass is 32.2. The van der Waals surface area contributed by atoms with Gasteiger partial charge in [0, 0.05) is 5.69 Å². The Balaban J connectivity index is 1.67. The molecule has 0 spiro atoms. The van der Waals surface area contributed by atoms with Gasteiger partial charge in [-0.25, -0.2) is 27.1 Å². The van der Waals surface area contributed by atoms with E-state index in [1.165, 1.54) is 27.0 Å². The van der Waals surface area contributed by atoms with Gasteiger partial charge in [-0.2, -0.15) is 0 Å². The first-order valence-corrected chi connectivity index (χ1v) is 12.6. The van der Waals surface area contributed by atoms with Gasteiger partial charge in [0.25, 0.3) is 10.0 Å². The van der Waals surface area contributed by atoms with Crippen LogP contribution in [0.3, 0.4) is 0 Å². The molecule has 0 heterocycles. The van der Waals surface area contributed by atoms with E-state index in [2.05, 4.69) is 5.32 Å². The number of nitrogens with one attached hydrogen (secondary N) is 2. The molecule has 0 fully saturated rings. The smallest absolute Gasteiger partial charge is 0.338 e. The van der Waals surface area contributed by atoms with Crippen molar-refractivity contribution in [1.82, 2.24) is 4.72 Å². The summed E-state index contributed by atoms with van der Waals surface area (Å²) in [5.41, 5.74) is 3.14. The highest BCUT2D eigenvalue weighted by molar-refractivity contribution is 7.90. The van der Waals surface area contributed by atoms with Gasteiger partial charge < -0.3 is 15.2 Å². The van der Waals surface area contributed by atoms with Gasteiger partial charge in [0.1, 0.15) is 10.7 Å². The highest BCUT2D eigenvalue weighted by Crippen LogP contribution is 2.42. The number of amides is 2. The maximum Gasteiger partial charge on any atom is 0.338 e. The van der Waals surface area contributed by atoms with Crippen LogP contribution in [0.2, 0.25) is 0 Å². The average Bonchev–Trinajstić information content (AvgIpc) is 3.42. The quantitative estimate of drug-likeness (QED) is 0.553. The van der Waals surface area contributed by atoms with E-state index in [0.717, 1.165) is 47.2 Å². The third-order valence-electron chi connectivity index (χ3n) is 6.43. The minimum Gasteiger partial charge on any atom is -0.465 e. The predicted octanol–water partition coefficient (Wildman–Crippen LogP) is 3.33. The highest BCUT2D eigenvalue weighted by Gasteiger charge is 2.33. The Bertz CT molecular complexity index is 1260. The van der Waals surface area contributed by atoms with Crippen molar-refractivity contribution in [2.45, 2.75) is 62.9 Å². The van der Waals surface area contributed by atoms with E-state index in [0.29, 0.717) is 36.9 Å². The summed E-state index contributed by atoms with van der Waals surface area (Å²) >= 11 is 0. The van der Waals surface area contributed by atoms with Gasteiger partial charge in [0.05, 0.1) is 18.3 Å². The Morgan fingerprint density at radius 2 is 1.59 bits per heavy atom. The van der Waals surface area contributed by atoms with Crippen molar-refractivity contribution in [2.75, 3.05) is 12.4 Å². The predicted molar refractivity (Wildman–Crippen MR) is 123 cm³/mol.